The third kappa shape index (κ3) is 5.78. The molecule has 1 fully saturated rings. The van der Waals surface area contributed by atoms with Crippen LogP contribution in [0.3, 0.4) is 0 Å². The zero-order valence-corrected chi connectivity index (χ0v) is 18.8. The number of anilines is 1. The van der Waals surface area contributed by atoms with Crippen LogP contribution in [0.1, 0.15) is 25.7 Å². The van der Waals surface area contributed by atoms with Gasteiger partial charge in [-0.2, -0.15) is 0 Å². The zero-order chi connectivity index (χ0) is 23.2. The molecule has 4 rings (SSSR count). The summed E-state index contributed by atoms with van der Waals surface area (Å²) in [4.78, 5) is 12.3. The first-order valence-electron chi connectivity index (χ1n) is 10.7. The van der Waals surface area contributed by atoms with Crippen LogP contribution in [0.25, 0.3) is 11.4 Å². The number of nitrogens with zero attached hydrogens (tertiary/aromatic N) is 3. The van der Waals surface area contributed by atoms with E-state index >= 15 is 0 Å². The second-order valence-corrected chi connectivity index (χ2v) is 8.66. The minimum absolute atomic E-state index is 0.0136. The van der Waals surface area contributed by atoms with E-state index in [2.05, 4.69) is 22.1 Å². The highest BCUT2D eigenvalue weighted by molar-refractivity contribution is 7.99. The number of thioether (sulfide) groups is 1. The quantitative estimate of drug-likeness (QED) is 0.332. The molecule has 1 N–H and O–H groups in total. The number of nitrogens with one attached hydrogen (secondary N) is 1. The maximum Gasteiger partial charge on any atom is 0.234 e. The smallest absolute Gasteiger partial charge is 0.234 e. The molecule has 0 bridgehead atoms. The summed E-state index contributed by atoms with van der Waals surface area (Å²) in [6.45, 7) is 4.25. The van der Waals surface area contributed by atoms with Gasteiger partial charge in [0.2, 0.25) is 5.91 Å². The van der Waals surface area contributed by atoms with Crippen molar-refractivity contribution < 1.29 is 18.3 Å². The molecule has 1 amide bonds. The van der Waals surface area contributed by atoms with Crippen LogP contribution in [-0.2, 0) is 11.3 Å². The zero-order valence-electron chi connectivity index (χ0n) is 18.0. The Morgan fingerprint density at radius 1 is 1.18 bits per heavy atom. The number of amides is 1. The molecule has 172 valence electrons. The lowest BCUT2D eigenvalue weighted by Gasteiger charge is -2.13. The molecule has 1 saturated carbocycles. The first-order valence-corrected chi connectivity index (χ1v) is 11.7. The Kier molecular flexibility index (Phi) is 7.39. The lowest BCUT2D eigenvalue weighted by atomic mass is 10.2. The van der Waals surface area contributed by atoms with Gasteiger partial charge in [0, 0.05) is 18.2 Å². The molecular formula is C24H24F2N4O2S. The summed E-state index contributed by atoms with van der Waals surface area (Å²) in [6.07, 6.45) is 6.63. The van der Waals surface area contributed by atoms with E-state index in [4.69, 9.17) is 4.74 Å². The van der Waals surface area contributed by atoms with Gasteiger partial charge in [-0.15, -0.1) is 16.8 Å². The van der Waals surface area contributed by atoms with E-state index < -0.39 is 17.5 Å². The molecule has 0 spiro atoms. The van der Waals surface area contributed by atoms with Crippen molar-refractivity contribution in [3.63, 3.8) is 0 Å². The highest BCUT2D eigenvalue weighted by atomic mass is 32.2. The van der Waals surface area contributed by atoms with E-state index in [1.165, 1.54) is 30.7 Å². The molecule has 1 aromatic heterocycles. The van der Waals surface area contributed by atoms with Gasteiger partial charge in [0.05, 0.1) is 17.5 Å². The molecule has 33 heavy (non-hydrogen) atoms. The maximum absolute atomic E-state index is 13.8. The van der Waals surface area contributed by atoms with Gasteiger partial charge in [0.1, 0.15) is 17.4 Å². The molecule has 0 unspecified atom stereocenters. The van der Waals surface area contributed by atoms with E-state index in [1.54, 1.807) is 6.08 Å². The number of hydrogen-bond acceptors (Lipinski definition) is 5. The summed E-state index contributed by atoms with van der Waals surface area (Å²) >= 11 is 1.17. The fourth-order valence-electron chi connectivity index (χ4n) is 3.69. The van der Waals surface area contributed by atoms with Gasteiger partial charge in [-0.1, -0.05) is 17.8 Å². The van der Waals surface area contributed by atoms with Crippen LogP contribution in [0.4, 0.5) is 14.5 Å². The van der Waals surface area contributed by atoms with Crippen LogP contribution < -0.4 is 10.1 Å². The van der Waals surface area contributed by atoms with Gasteiger partial charge in [-0.25, -0.2) is 8.78 Å². The number of carbonyl (C=O) groups is 1. The van der Waals surface area contributed by atoms with Gasteiger partial charge in [-0.3, -0.25) is 9.36 Å². The topological polar surface area (TPSA) is 69.0 Å². The Morgan fingerprint density at radius 3 is 2.64 bits per heavy atom. The van der Waals surface area contributed by atoms with Crippen molar-refractivity contribution in [2.75, 3.05) is 11.1 Å². The number of carbonyl (C=O) groups excluding carboxylic acids is 1. The minimum Gasteiger partial charge on any atom is -0.490 e. The molecule has 1 aliphatic carbocycles. The number of halogens is 2. The second-order valence-electron chi connectivity index (χ2n) is 7.72. The predicted molar refractivity (Wildman–Crippen MR) is 124 cm³/mol. The maximum atomic E-state index is 13.8. The summed E-state index contributed by atoms with van der Waals surface area (Å²) in [6, 6.07) is 10.7. The number of aromatic nitrogens is 3. The molecule has 0 atom stereocenters. The van der Waals surface area contributed by atoms with Gasteiger partial charge in [0.25, 0.3) is 0 Å². The van der Waals surface area contributed by atoms with Crippen molar-refractivity contribution in [1.82, 2.24) is 14.8 Å². The third-order valence-corrected chi connectivity index (χ3v) is 6.25. The van der Waals surface area contributed by atoms with Crippen molar-refractivity contribution >= 4 is 23.4 Å². The van der Waals surface area contributed by atoms with Crippen LogP contribution in [-0.4, -0.2) is 32.5 Å². The molecule has 9 heteroatoms. The third-order valence-electron chi connectivity index (χ3n) is 5.28. The highest BCUT2D eigenvalue weighted by Crippen LogP contribution is 2.28. The molecule has 2 aromatic carbocycles. The van der Waals surface area contributed by atoms with E-state index in [0.717, 1.165) is 36.3 Å². The van der Waals surface area contributed by atoms with E-state index in [9.17, 15) is 13.6 Å². The largest absolute Gasteiger partial charge is 0.490 e. The van der Waals surface area contributed by atoms with E-state index in [0.29, 0.717) is 17.5 Å². The van der Waals surface area contributed by atoms with Crippen LogP contribution in [0, 0.1) is 11.6 Å². The molecule has 6 nitrogen and oxygen atoms in total. The SMILES string of the molecule is C=CCn1c(SCC(=O)Nc2ccc(F)cc2F)nnc1-c1ccc(OC2CCCC2)cc1. The van der Waals surface area contributed by atoms with Crippen LogP contribution in [0.5, 0.6) is 5.75 Å². The molecular weight excluding hydrogens is 446 g/mol. The van der Waals surface area contributed by atoms with Crippen molar-refractivity contribution in [3.8, 4) is 17.1 Å². The molecule has 0 radical (unpaired) electrons. The monoisotopic (exact) mass is 470 g/mol. The van der Waals surface area contributed by atoms with E-state index in [1.807, 2.05) is 28.8 Å². The summed E-state index contributed by atoms with van der Waals surface area (Å²) in [5, 5.41) is 11.5. The lowest BCUT2D eigenvalue weighted by molar-refractivity contribution is -0.113. The Morgan fingerprint density at radius 2 is 1.94 bits per heavy atom. The summed E-state index contributed by atoms with van der Waals surface area (Å²) < 4.78 is 34.7. The van der Waals surface area contributed by atoms with Gasteiger partial charge < -0.3 is 10.1 Å². The average Bonchev–Trinajstić information content (AvgIpc) is 3.45. The summed E-state index contributed by atoms with van der Waals surface area (Å²) in [5.74, 6) is -0.502. The Bertz CT molecular complexity index is 1130. The van der Waals surface area contributed by atoms with Gasteiger partial charge in [0.15, 0.2) is 11.0 Å². The molecule has 1 aliphatic rings. The number of ether oxygens (including phenoxy) is 1. The second kappa shape index (κ2) is 10.6. The summed E-state index contributed by atoms with van der Waals surface area (Å²) in [5.41, 5.74) is 0.794. The standard InChI is InChI=1S/C24H24F2N4O2S/c1-2-13-30-23(16-7-10-19(11-8-16)32-18-5-3-4-6-18)28-29-24(30)33-15-22(31)27-21-12-9-17(25)14-20(21)26/h2,7-12,14,18H,1,3-6,13,15H2,(H,27,31). The van der Waals surface area contributed by atoms with Crippen molar-refractivity contribution in [2.45, 2.75) is 43.5 Å². The van der Waals surface area contributed by atoms with Crippen molar-refractivity contribution in [1.29, 1.82) is 0 Å². The van der Waals surface area contributed by atoms with Gasteiger partial charge >= 0.3 is 0 Å². The normalized spacial score (nSPS) is 13.8. The van der Waals surface area contributed by atoms with Crippen LogP contribution in [0.2, 0.25) is 0 Å². The fraction of sp³-hybridized carbons (Fsp3) is 0.292. The predicted octanol–water partition coefficient (Wildman–Crippen LogP) is 5.46. The molecule has 3 aromatic rings. The Labute approximate surface area is 195 Å². The van der Waals surface area contributed by atoms with Gasteiger partial charge in [-0.05, 0) is 62.1 Å². The molecule has 0 aliphatic heterocycles. The van der Waals surface area contributed by atoms with E-state index in [-0.39, 0.29) is 17.5 Å². The number of hydrogen-bond donors (Lipinski definition) is 1. The van der Waals surface area contributed by atoms with Crippen molar-refractivity contribution in [3.05, 3.63) is 66.8 Å². The molecule has 1 heterocycles. The number of rotatable bonds is 9. The first kappa shape index (κ1) is 23.0. The molecule has 0 saturated heterocycles. The average molecular weight is 471 g/mol. The fourth-order valence-corrected chi connectivity index (χ4v) is 4.44. The highest BCUT2D eigenvalue weighted by Gasteiger charge is 2.18. The first-order chi connectivity index (χ1) is 16.0. The van der Waals surface area contributed by atoms with Crippen LogP contribution >= 0.6 is 11.8 Å². The van der Waals surface area contributed by atoms with Crippen molar-refractivity contribution in [2.24, 2.45) is 0 Å². The Hall–Kier alpha value is -3.20. The number of allylic oxidation sites excluding steroid dienone is 1. The minimum atomic E-state index is -0.828. The Balaban J connectivity index is 1.42. The summed E-state index contributed by atoms with van der Waals surface area (Å²) in [7, 11) is 0. The van der Waals surface area contributed by atoms with Crippen LogP contribution in [0.15, 0.2) is 60.3 Å². The number of benzene rings is 2. The lowest BCUT2D eigenvalue weighted by Crippen LogP contribution is -2.15.